The monoisotopic (exact) mass is 406 g/mol. The van der Waals surface area contributed by atoms with Crippen molar-refractivity contribution in [1.82, 2.24) is 30.0 Å². The van der Waals surface area contributed by atoms with Gasteiger partial charge in [0.2, 0.25) is 5.91 Å². The van der Waals surface area contributed by atoms with Crippen LogP contribution >= 0.6 is 0 Å². The molecule has 1 aromatic rings. The van der Waals surface area contributed by atoms with E-state index in [2.05, 4.69) is 25.3 Å². The predicted octanol–water partition coefficient (Wildman–Crippen LogP) is 1.09. The van der Waals surface area contributed by atoms with Crippen LogP contribution < -0.4 is 0 Å². The van der Waals surface area contributed by atoms with Crippen molar-refractivity contribution in [3.8, 4) is 0 Å². The number of tetrazole rings is 1. The minimum atomic E-state index is 0.221. The molecule has 0 bridgehead atoms. The Morgan fingerprint density at radius 1 is 1.10 bits per heavy atom. The highest BCUT2D eigenvalue weighted by Gasteiger charge is 2.27. The summed E-state index contributed by atoms with van der Waals surface area (Å²) in [5, 5.41) is 12.1. The summed E-state index contributed by atoms with van der Waals surface area (Å²) in [5.74, 6) is 1.79. The van der Waals surface area contributed by atoms with Gasteiger partial charge >= 0.3 is 0 Å². The van der Waals surface area contributed by atoms with Crippen LogP contribution in [0.15, 0.2) is 0 Å². The van der Waals surface area contributed by atoms with Gasteiger partial charge in [0, 0.05) is 45.8 Å². The van der Waals surface area contributed by atoms with Crippen molar-refractivity contribution in [1.29, 1.82) is 0 Å². The van der Waals surface area contributed by atoms with Gasteiger partial charge in [0.25, 0.3) is 0 Å². The number of nitrogens with zero attached hydrogens (tertiary/aromatic N) is 6. The van der Waals surface area contributed by atoms with Gasteiger partial charge < -0.3 is 14.4 Å². The van der Waals surface area contributed by atoms with Crippen LogP contribution in [0, 0.1) is 5.92 Å². The summed E-state index contributed by atoms with van der Waals surface area (Å²) >= 11 is 0. The molecule has 2 saturated heterocycles. The van der Waals surface area contributed by atoms with Gasteiger partial charge in [-0.2, -0.15) is 0 Å². The summed E-state index contributed by atoms with van der Waals surface area (Å²) in [7, 11) is 0. The third-order valence-electron chi connectivity index (χ3n) is 6.34. The Morgan fingerprint density at radius 2 is 1.97 bits per heavy atom. The number of aryl methyl sites for hydroxylation is 1. The van der Waals surface area contributed by atoms with Crippen LogP contribution in [0.25, 0.3) is 0 Å². The lowest BCUT2D eigenvalue weighted by Gasteiger charge is -2.33. The average molecular weight is 407 g/mol. The van der Waals surface area contributed by atoms with E-state index < -0.39 is 0 Å². The molecule has 2 aliphatic heterocycles. The van der Waals surface area contributed by atoms with Crippen molar-refractivity contribution in [3.05, 3.63) is 5.82 Å². The van der Waals surface area contributed by atoms with Gasteiger partial charge in [-0.1, -0.05) is 6.42 Å². The van der Waals surface area contributed by atoms with E-state index in [9.17, 15) is 4.79 Å². The van der Waals surface area contributed by atoms with Gasteiger partial charge in [0.15, 0.2) is 5.82 Å². The molecule has 3 aliphatic rings. The van der Waals surface area contributed by atoms with E-state index in [1.807, 2.05) is 4.68 Å². The molecule has 1 saturated carbocycles. The third kappa shape index (κ3) is 5.96. The van der Waals surface area contributed by atoms with Crippen LogP contribution in [0.4, 0.5) is 0 Å². The second-order valence-corrected chi connectivity index (χ2v) is 8.54. The van der Waals surface area contributed by atoms with E-state index in [4.69, 9.17) is 9.47 Å². The molecule has 0 aromatic carbocycles. The molecular weight excluding hydrogens is 372 g/mol. The summed E-state index contributed by atoms with van der Waals surface area (Å²) in [6.45, 7) is 7.23. The van der Waals surface area contributed by atoms with Crippen molar-refractivity contribution >= 4 is 5.91 Å². The lowest BCUT2D eigenvalue weighted by Crippen LogP contribution is -2.41. The second kappa shape index (κ2) is 10.4. The average Bonchev–Trinajstić information content (AvgIpc) is 3.36. The van der Waals surface area contributed by atoms with E-state index in [0.717, 1.165) is 77.6 Å². The Morgan fingerprint density at radius 3 is 2.69 bits per heavy atom. The number of morpholine rings is 1. The zero-order chi connectivity index (χ0) is 19.9. The van der Waals surface area contributed by atoms with E-state index in [-0.39, 0.29) is 12.0 Å². The van der Waals surface area contributed by atoms with Gasteiger partial charge in [0.1, 0.15) is 0 Å². The van der Waals surface area contributed by atoms with Gasteiger partial charge in [-0.3, -0.25) is 9.69 Å². The van der Waals surface area contributed by atoms with Crippen molar-refractivity contribution in [2.45, 2.75) is 64.1 Å². The van der Waals surface area contributed by atoms with Crippen LogP contribution in [0.2, 0.25) is 0 Å². The van der Waals surface area contributed by atoms with Crippen molar-refractivity contribution < 1.29 is 14.3 Å². The number of carbonyl (C=O) groups is 1. The summed E-state index contributed by atoms with van der Waals surface area (Å²) in [4.78, 5) is 17.3. The van der Waals surface area contributed by atoms with Gasteiger partial charge in [0.05, 0.1) is 25.9 Å². The molecule has 1 amide bonds. The number of rotatable bonds is 10. The minimum absolute atomic E-state index is 0.221. The number of amides is 1. The first-order valence-corrected chi connectivity index (χ1v) is 11.2. The maximum atomic E-state index is 12.9. The molecule has 0 radical (unpaired) electrons. The molecule has 162 valence electrons. The van der Waals surface area contributed by atoms with Crippen LogP contribution in [0.3, 0.4) is 0 Å². The Balaban J connectivity index is 1.24. The highest BCUT2D eigenvalue weighted by Crippen LogP contribution is 2.28. The van der Waals surface area contributed by atoms with Gasteiger partial charge in [-0.05, 0) is 48.4 Å². The first-order chi connectivity index (χ1) is 14.3. The molecule has 0 unspecified atom stereocenters. The number of hydrogen-bond acceptors (Lipinski definition) is 7. The largest absolute Gasteiger partial charge is 0.379 e. The second-order valence-electron chi connectivity index (χ2n) is 8.54. The molecule has 0 N–H and O–H groups in total. The maximum Gasteiger partial charge on any atom is 0.222 e. The predicted molar refractivity (Wildman–Crippen MR) is 106 cm³/mol. The molecule has 0 spiro atoms. The van der Waals surface area contributed by atoms with Crippen molar-refractivity contribution in [3.63, 3.8) is 0 Å². The van der Waals surface area contributed by atoms with Crippen molar-refractivity contribution in [2.75, 3.05) is 46.0 Å². The Bertz CT molecular complexity index is 638. The zero-order valence-corrected chi connectivity index (χ0v) is 17.4. The molecule has 4 rings (SSSR count). The Labute approximate surface area is 172 Å². The lowest BCUT2D eigenvalue weighted by molar-refractivity contribution is -0.134. The number of ether oxygens (including phenoxy) is 2. The first-order valence-electron chi connectivity index (χ1n) is 11.2. The first kappa shape index (κ1) is 20.7. The lowest BCUT2D eigenvalue weighted by atomic mass is 9.85. The fourth-order valence-corrected chi connectivity index (χ4v) is 4.31. The maximum absolute atomic E-state index is 12.9. The molecule has 9 heteroatoms. The van der Waals surface area contributed by atoms with Crippen LogP contribution in [-0.4, -0.2) is 88.0 Å². The number of carbonyl (C=O) groups excluding carboxylic acids is 1. The van der Waals surface area contributed by atoms with Gasteiger partial charge in [-0.25, -0.2) is 4.68 Å². The number of aromatic nitrogens is 4. The molecule has 1 atom stereocenters. The van der Waals surface area contributed by atoms with Crippen molar-refractivity contribution in [2.24, 2.45) is 5.92 Å². The van der Waals surface area contributed by atoms with Gasteiger partial charge in [-0.15, -0.1) is 5.10 Å². The molecule has 29 heavy (non-hydrogen) atoms. The van der Waals surface area contributed by atoms with Crippen LogP contribution in [0.5, 0.6) is 0 Å². The highest BCUT2D eigenvalue weighted by molar-refractivity contribution is 5.76. The highest BCUT2D eigenvalue weighted by atomic mass is 16.5. The van der Waals surface area contributed by atoms with Crippen LogP contribution in [0.1, 0.15) is 50.8 Å². The van der Waals surface area contributed by atoms with E-state index >= 15 is 0 Å². The molecular formula is C20H34N6O3. The SMILES string of the molecule is O=C(CCCn1nnnc1CN1CCOCC1)N(CC1CCC1)C[C@@H]1CCCO1. The minimum Gasteiger partial charge on any atom is -0.379 e. The molecule has 3 heterocycles. The normalized spacial score (nSPS) is 23.2. The fraction of sp³-hybridized carbons (Fsp3) is 0.900. The summed E-state index contributed by atoms with van der Waals surface area (Å²) in [6.07, 6.45) is 7.51. The smallest absolute Gasteiger partial charge is 0.222 e. The van der Waals surface area contributed by atoms with E-state index in [1.165, 1.54) is 19.3 Å². The topological polar surface area (TPSA) is 85.6 Å². The molecule has 9 nitrogen and oxygen atoms in total. The zero-order valence-electron chi connectivity index (χ0n) is 17.4. The fourth-order valence-electron chi connectivity index (χ4n) is 4.31. The number of hydrogen-bond donors (Lipinski definition) is 0. The standard InChI is InChI=1S/C20H34N6O3/c27-20(25(14-17-4-1-5-17)15-18-6-3-11-29-18)7-2-8-26-19(21-22-23-26)16-24-9-12-28-13-10-24/h17-18H,1-16H2/t18-/m0/s1. The quantitative estimate of drug-likeness (QED) is 0.575. The van der Waals surface area contributed by atoms with Crippen LogP contribution in [-0.2, 0) is 27.4 Å². The summed E-state index contributed by atoms with van der Waals surface area (Å²) < 4.78 is 13.0. The molecule has 1 aromatic heterocycles. The van der Waals surface area contributed by atoms with E-state index in [1.54, 1.807) is 0 Å². The van der Waals surface area contributed by atoms with E-state index in [0.29, 0.717) is 18.9 Å². The third-order valence-corrected chi connectivity index (χ3v) is 6.34. The summed E-state index contributed by atoms with van der Waals surface area (Å²) in [6, 6.07) is 0. The summed E-state index contributed by atoms with van der Waals surface area (Å²) in [5.41, 5.74) is 0. The molecule has 1 aliphatic carbocycles. The molecule has 3 fully saturated rings. The Kier molecular flexibility index (Phi) is 7.45. The Hall–Kier alpha value is -1.58.